The molecule has 0 saturated heterocycles. The van der Waals surface area contributed by atoms with Crippen LogP contribution in [0.4, 0.5) is 0 Å². The zero-order valence-electron chi connectivity index (χ0n) is 10.7. The first kappa shape index (κ1) is 12.8. The van der Waals surface area contributed by atoms with E-state index in [1.54, 1.807) is 36.1 Å². The Balaban J connectivity index is 1.71. The van der Waals surface area contributed by atoms with Crippen molar-refractivity contribution in [3.05, 3.63) is 40.7 Å². The highest BCUT2D eigenvalue weighted by molar-refractivity contribution is 6.31. The van der Waals surface area contributed by atoms with Crippen molar-refractivity contribution in [1.82, 2.24) is 15.1 Å². The molecule has 0 radical (unpaired) electrons. The predicted molar refractivity (Wildman–Crippen MR) is 72.0 cm³/mol. The number of fused-ring (bicyclic) bond motifs is 1. The van der Waals surface area contributed by atoms with Gasteiger partial charge in [0.05, 0.1) is 23.5 Å². The number of amides is 1. The van der Waals surface area contributed by atoms with Crippen molar-refractivity contribution in [2.24, 2.45) is 7.05 Å². The van der Waals surface area contributed by atoms with E-state index in [-0.39, 0.29) is 12.7 Å². The van der Waals surface area contributed by atoms with Gasteiger partial charge in [-0.05, 0) is 18.2 Å². The normalized spacial score (nSPS) is 12.5. The number of rotatable bonds is 3. The van der Waals surface area contributed by atoms with Crippen molar-refractivity contribution in [2.45, 2.75) is 6.54 Å². The number of halogens is 1. The van der Waals surface area contributed by atoms with Crippen LogP contribution in [0.5, 0.6) is 11.5 Å². The van der Waals surface area contributed by atoms with Gasteiger partial charge < -0.3 is 14.8 Å². The zero-order chi connectivity index (χ0) is 14.1. The van der Waals surface area contributed by atoms with E-state index in [1.807, 2.05) is 0 Å². The lowest BCUT2D eigenvalue weighted by atomic mass is 10.2. The SMILES string of the molecule is Cn1ncc(Cl)c1CNC(=O)c1ccc2c(c1)OCO2. The standard InChI is InChI=1S/C13H12ClN3O3/c1-17-10(9(14)5-16-17)6-15-13(18)8-2-3-11-12(4-8)20-7-19-11/h2-5H,6-7H2,1H3,(H,15,18). The Hall–Kier alpha value is -2.21. The lowest BCUT2D eigenvalue weighted by Gasteiger charge is -2.07. The molecule has 0 aliphatic carbocycles. The van der Waals surface area contributed by atoms with Crippen LogP contribution in [0.3, 0.4) is 0 Å². The van der Waals surface area contributed by atoms with E-state index >= 15 is 0 Å². The molecular formula is C13H12ClN3O3. The third kappa shape index (κ3) is 2.30. The van der Waals surface area contributed by atoms with Gasteiger partial charge in [-0.15, -0.1) is 0 Å². The van der Waals surface area contributed by atoms with E-state index in [1.165, 1.54) is 0 Å². The fourth-order valence-corrected chi connectivity index (χ4v) is 2.17. The highest BCUT2D eigenvalue weighted by atomic mass is 35.5. The summed E-state index contributed by atoms with van der Waals surface area (Å²) in [7, 11) is 1.77. The van der Waals surface area contributed by atoms with E-state index in [4.69, 9.17) is 21.1 Å². The molecule has 3 rings (SSSR count). The van der Waals surface area contributed by atoms with E-state index in [0.717, 1.165) is 5.69 Å². The van der Waals surface area contributed by atoms with Crippen LogP contribution in [0.25, 0.3) is 0 Å². The van der Waals surface area contributed by atoms with Crippen molar-refractivity contribution in [3.8, 4) is 11.5 Å². The number of ether oxygens (including phenoxy) is 2. The fourth-order valence-electron chi connectivity index (χ4n) is 1.94. The molecule has 6 nitrogen and oxygen atoms in total. The van der Waals surface area contributed by atoms with Gasteiger partial charge in [0.15, 0.2) is 11.5 Å². The number of carbonyl (C=O) groups is 1. The summed E-state index contributed by atoms with van der Waals surface area (Å²) < 4.78 is 12.1. The van der Waals surface area contributed by atoms with E-state index in [2.05, 4.69) is 10.4 Å². The van der Waals surface area contributed by atoms with Gasteiger partial charge in [-0.3, -0.25) is 9.48 Å². The largest absolute Gasteiger partial charge is 0.454 e. The number of aromatic nitrogens is 2. The molecule has 1 aliphatic heterocycles. The van der Waals surface area contributed by atoms with Crippen LogP contribution >= 0.6 is 11.6 Å². The zero-order valence-corrected chi connectivity index (χ0v) is 11.5. The molecule has 104 valence electrons. The van der Waals surface area contributed by atoms with Gasteiger partial charge >= 0.3 is 0 Å². The molecule has 2 heterocycles. The molecule has 0 fully saturated rings. The molecule has 1 aromatic heterocycles. The third-order valence-electron chi connectivity index (χ3n) is 3.06. The summed E-state index contributed by atoms with van der Waals surface area (Å²) in [5.41, 5.74) is 1.26. The summed E-state index contributed by atoms with van der Waals surface area (Å²) >= 11 is 5.98. The van der Waals surface area contributed by atoms with Gasteiger partial charge in [0.1, 0.15) is 0 Å². The Morgan fingerprint density at radius 1 is 1.45 bits per heavy atom. The number of hydrogen-bond acceptors (Lipinski definition) is 4. The lowest BCUT2D eigenvalue weighted by Crippen LogP contribution is -2.24. The summed E-state index contributed by atoms with van der Waals surface area (Å²) in [6, 6.07) is 5.06. The first-order valence-corrected chi connectivity index (χ1v) is 6.37. The quantitative estimate of drug-likeness (QED) is 0.936. The minimum absolute atomic E-state index is 0.186. The maximum Gasteiger partial charge on any atom is 0.251 e. The van der Waals surface area contributed by atoms with Crippen molar-refractivity contribution in [1.29, 1.82) is 0 Å². The number of hydrogen-bond donors (Lipinski definition) is 1. The Kier molecular flexibility index (Phi) is 3.23. The van der Waals surface area contributed by atoms with Crippen LogP contribution in [0.1, 0.15) is 16.1 Å². The second-order valence-electron chi connectivity index (χ2n) is 4.31. The van der Waals surface area contributed by atoms with Crippen LogP contribution in [-0.2, 0) is 13.6 Å². The molecule has 0 spiro atoms. The number of carbonyl (C=O) groups excluding carboxylic acids is 1. The smallest absolute Gasteiger partial charge is 0.251 e. The molecule has 20 heavy (non-hydrogen) atoms. The highest BCUT2D eigenvalue weighted by Crippen LogP contribution is 2.32. The second kappa shape index (κ2) is 5.05. The van der Waals surface area contributed by atoms with Crippen molar-refractivity contribution in [2.75, 3.05) is 6.79 Å². The fraction of sp³-hybridized carbons (Fsp3) is 0.231. The lowest BCUT2D eigenvalue weighted by molar-refractivity contribution is 0.0949. The molecule has 0 unspecified atom stereocenters. The number of nitrogens with one attached hydrogen (secondary N) is 1. The molecule has 0 atom stereocenters. The predicted octanol–water partition coefficient (Wildman–Crippen LogP) is 1.73. The summed E-state index contributed by atoms with van der Waals surface area (Å²) in [6.07, 6.45) is 1.55. The van der Waals surface area contributed by atoms with Crippen LogP contribution in [0.2, 0.25) is 5.02 Å². The van der Waals surface area contributed by atoms with Crippen molar-refractivity contribution < 1.29 is 14.3 Å². The summed E-state index contributed by atoms with van der Waals surface area (Å²) in [6.45, 7) is 0.494. The summed E-state index contributed by atoms with van der Waals surface area (Å²) in [5.74, 6) is 1.02. The number of benzene rings is 1. The summed E-state index contributed by atoms with van der Waals surface area (Å²) in [5, 5.41) is 7.33. The minimum Gasteiger partial charge on any atom is -0.454 e. The second-order valence-corrected chi connectivity index (χ2v) is 4.72. The average Bonchev–Trinajstić information content (AvgIpc) is 3.03. The van der Waals surface area contributed by atoms with Crippen molar-refractivity contribution in [3.63, 3.8) is 0 Å². The third-order valence-corrected chi connectivity index (χ3v) is 3.38. The Morgan fingerprint density at radius 2 is 2.25 bits per heavy atom. The molecule has 0 bridgehead atoms. The van der Waals surface area contributed by atoms with Crippen LogP contribution in [0, 0.1) is 0 Å². The van der Waals surface area contributed by atoms with Gasteiger partial charge in [-0.2, -0.15) is 5.10 Å². The Labute approximate surface area is 120 Å². The minimum atomic E-state index is -0.208. The molecule has 1 aliphatic rings. The van der Waals surface area contributed by atoms with Gasteiger partial charge in [0.2, 0.25) is 6.79 Å². The molecule has 1 aromatic carbocycles. The summed E-state index contributed by atoms with van der Waals surface area (Å²) in [4.78, 5) is 12.1. The molecule has 2 aromatic rings. The van der Waals surface area contributed by atoms with Crippen LogP contribution in [0.15, 0.2) is 24.4 Å². The van der Waals surface area contributed by atoms with Gasteiger partial charge in [0.25, 0.3) is 5.91 Å². The van der Waals surface area contributed by atoms with Gasteiger partial charge in [-0.1, -0.05) is 11.6 Å². The molecule has 7 heteroatoms. The Bertz CT molecular complexity index is 649. The van der Waals surface area contributed by atoms with Crippen molar-refractivity contribution >= 4 is 17.5 Å². The Morgan fingerprint density at radius 3 is 3.00 bits per heavy atom. The number of nitrogens with zero attached hydrogens (tertiary/aromatic N) is 2. The monoisotopic (exact) mass is 293 g/mol. The number of aryl methyl sites for hydroxylation is 1. The molecule has 1 N–H and O–H groups in total. The topological polar surface area (TPSA) is 65.4 Å². The van der Waals surface area contributed by atoms with Gasteiger partial charge in [0, 0.05) is 12.6 Å². The highest BCUT2D eigenvalue weighted by Gasteiger charge is 2.16. The van der Waals surface area contributed by atoms with E-state index in [9.17, 15) is 4.79 Å². The maximum absolute atomic E-state index is 12.1. The molecule has 1 amide bonds. The first-order valence-electron chi connectivity index (χ1n) is 5.99. The molecule has 0 saturated carbocycles. The van der Waals surface area contributed by atoms with E-state index < -0.39 is 0 Å². The van der Waals surface area contributed by atoms with Crippen LogP contribution < -0.4 is 14.8 Å². The maximum atomic E-state index is 12.1. The molecular weight excluding hydrogens is 282 g/mol. The first-order chi connectivity index (χ1) is 9.65. The average molecular weight is 294 g/mol. The van der Waals surface area contributed by atoms with E-state index in [0.29, 0.717) is 28.6 Å². The van der Waals surface area contributed by atoms with Crippen LogP contribution in [-0.4, -0.2) is 22.5 Å². The van der Waals surface area contributed by atoms with Gasteiger partial charge in [-0.25, -0.2) is 0 Å².